The number of hydrogen-bond acceptors (Lipinski definition) is 9. The molecule has 5 aliphatic heterocycles. The zero-order valence-corrected chi connectivity index (χ0v) is 15.0. The Morgan fingerprint density at radius 3 is 2.78 bits per heavy atom. The normalized spacial score (nSPS) is 43.1. The van der Waals surface area contributed by atoms with E-state index in [9.17, 15) is 14.4 Å². The van der Waals surface area contributed by atoms with Crippen LogP contribution in [0.5, 0.6) is 0 Å². The van der Waals surface area contributed by atoms with E-state index in [1.165, 1.54) is 0 Å². The van der Waals surface area contributed by atoms with Crippen LogP contribution in [0.25, 0.3) is 0 Å². The number of ether oxygens (including phenoxy) is 6. The summed E-state index contributed by atoms with van der Waals surface area (Å²) in [5.41, 5.74) is -0.830. The lowest BCUT2D eigenvalue weighted by Crippen LogP contribution is -2.61. The lowest BCUT2D eigenvalue weighted by molar-refractivity contribution is -0.191. The summed E-state index contributed by atoms with van der Waals surface area (Å²) in [4.78, 5) is 38.0. The molecule has 0 aromatic heterocycles. The van der Waals surface area contributed by atoms with E-state index in [1.54, 1.807) is 13.8 Å². The Morgan fingerprint density at radius 2 is 2.00 bits per heavy atom. The van der Waals surface area contributed by atoms with E-state index < -0.39 is 48.2 Å². The predicted molar refractivity (Wildman–Crippen MR) is 84.0 cm³/mol. The SMILES string of the molecule is CCOC(=O)[C@H]([C@H]1CC(=O)[C@@H]2OC[C@H]1O2)[C@]1(C)OC2=C1C(=O)[C@@H]1OC[C@H]2O1. The van der Waals surface area contributed by atoms with E-state index in [4.69, 9.17) is 28.4 Å². The van der Waals surface area contributed by atoms with Crippen molar-refractivity contribution in [2.24, 2.45) is 11.8 Å². The molecule has 3 fully saturated rings. The van der Waals surface area contributed by atoms with Crippen LogP contribution < -0.4 is 0 Å². The second-order valence-electron chi connectivity index (χ2n) is 7.51. The Kier molecular flexibility index (Phi) is 3.74. The Bertz CT molecular complexity index is 758. The zero-order valence-electron chi connectivity index (χ0n) is 15.0. The summed E-state index contributed by atoms with van der Waals surface area (Å²) in [6.45, 7) is 4.01. The van der Waals surface area contributed by atoms with Crippen LogP contribution >= 0.6 is 0 Å². The van der Waals surface area contributed by atoms with Gasteiger partial charge in [-0.3, -0.25) is 14.4 Å². The molecule has 0 unspecified atom stereocenters. The van der Waals surface area contributed by atoms with Crippen LogP contribution in [0.2, 0.25) is 0 Å². The molecule has 0 N–H and O–H groups in total. The summed E-state index contributed by atoms with van der Waals surface area (Å²) in [7, 11) is 0. The van der Waals surface area contributed by atoms with Gasteiger partial charge in [-0.15, -0.1) is 0 Å². The van der Waals surface area contributed by atoms with Crippen molar-refractivity contribution in [3.63, 3.8) is 0 Å². The molecule has 3 saturated heterocycles. The first kappa shape index (κ1) is 17.3. The Balaban J connectivity index is 1.53. The third-order valence-corrected chi connectivity index (χ3v) is 5.95. The van der Waals surface area contributed by atoms with Gasteiger partial charge in [-0.05, 0) is 13.8 Å². The Labute approximate surface area is 154 Å². The minimum atomic E-state index is -1.23. The fraction of sp³-hybridized carbons (Fsp3) is 0.722. The summed E-state index contributed by atoms with van der Waals surface area (Å²) in [6, 6.07) is 0. The molecule has 0 aliphatic carbocycles. The molecule has 0 aromatic carbocycles. The van der Waals surface area contributed by atoms with Crippen molar-refractivity contribution in [1.82, 2.24) is 0 Å². The van der Waals surface area contributed by atoms with Crippen molar-refractivity contribution in [3.05, 3.63) is 11.3 Å². The number of carbonyl (C=O) groups is 3. The fourth-order valence-electron chi connectivity index (χ4n) is 4.78. The average molecular weight is 380 g/mol. The Morgan fingerprint density at radius 1 is 1.22 bits per heavy atom. The molecular weight excluding hydrogens is 360 g/mol. The van der Waals surface area contributed by atoms with Crippen molar-refractivity contribution in [2.45, 2.75) is 50.7 Å². The molecule has 5 aliphatic rings. The highest BCUT2D eigenvalue weighted by molar-refractivity contribution is 6.04. The van der Waals surface area contributed by atoms with Crippen molar-refractivity contribution < 1.29 is 42.8 Å². The highest BCUT2D eigenvalue weighted by Gasteiger charge is 2.66. The molecule has 7 atom stereocenters. The molecule has 0 radical (unpaired) electrons. The largest absolute Gasteiger partial charge is 0.483 e. The predicted octanol–water partition coefficient (Wildman–Crippen LogP) is -0.137. The molecule has 0 aromatic rings. The van der Waals surface area contributed by atoms with Crippen LogP contribution in [0.4, 0.5) is 0 Å². The molecule has 0 saturated carbocycles. The highest BCUT2D eigenvalue weighted by atomic mass is 16.7. The molecule has 0 amide bonds. The first-order valence-electron chi connectivity index (χ1n) is 9.15. The number of esters is 1. The lowest BCUT2D eigenvalue weighted by Gasteiger charge is -2.51. The summed E-state index contributed by atoms with van der Waals surface area (Å²) in [5, 5.41) is 0. The van der Waals surface area contributed by atoms with E-state index >= 15 is 0 Å². The quantitative estimate of drug-likeness (QED) is 0.616. The van der Waals surface area contributed by atoms with Crippen molar-refractivity contribution >= 4 is 17.5 Å². The first-order valence-corrected chi connectivity index (χ1v) is 9.15. The van der Waals surface area contributed by atoms with Gasteiger partial charge in [0.2, 0.25) is 18.4 Å². The molecule has 146 valence electrons. The maximum atomic E-state index is 12.9. The highest BCUT2D eigenvalue weighted by Crippen LogP contribution is 2.54. The van der Waals surface area contributed by atoms with Gasteiger partial charge in [-0.2, -0.15) is 0 Å². The van der Waals surface area contributed by atoms with Gasteiger partial charge in [-0.1, -0.05) is 0 Å². The molecule has 9 heteroatoms. The van der Waals surface area contributed by atoms with Crippen LogP contribution in [-0.2, 0) is 42.8 Å². The number of carbonyl (C=O) groups excluding carboxylic acids is 3. The van der Waals surface area contributed by atoms with E-state index in [2.05, 4.69) is 0 Å². The number of rotatable bonds is 4. The summed E-state index contributed by atoms with van der Waals surface area (Å²) in [6.07, 6.45) is -2.61. The van der Waals surface area contributed by atoms with Crippen LogP contribution in [0.3, 0.4) is 0 Å². The van der Waals surface area contributed by atoms with Crippen LogP contribution in [0, 0.1) is 11.8 Å². The second kappa shape index (κ2) is 5.84. The zero-order chi connectivity index (χ0) is 18.9. The number of fused-ring (bicyclic) bond motifs is 5. The van der Waals surface area contributed by atoms with Gasteiger partial charge in [0.15, 0.2) is 11.4 Å². The molecule has 27 heavy (non-hydrogen) atoms. The van der Waals surface area contributed by atoms with Gasteiger partial charge in [0, 0.05) is 12.3 Å². The topological polar surface area (TPSA) is 107 Å². The molecule has 9 nitrogen and oxygen atoms in total. The Hall–Kier alpha value is -1.81. The molecule has 5 rings (SSSR count). The lowest BCUT2D eigenvalue weighted by atomic mass is 9.66. The second-order valence-corrected chi connectivity index (χ2v) is 7.51. The van der Waals surface area contributed by atoms with Gasteiger partial charge in [0.25, 0.3) is 0 Å². The van der Waals surface area contributed by atoms with E-state index in [1.807, 2.05) is 0 Å². The number of ketones is 2. The van der Waals surface area contributed by atoms with Gasteiger partial charge in [0.1, 0.15) is 17.8 Å². The summed E-state index contributed by atoms with van der Waals surface area (Å²) in [5.74, 6) is -2.06. The van der Waals surface area contributed by atoms with E-state index in [-0.39, 0.29) is 37.8 Å². The maximum Gasteiger partial charge on any atom is 0.313 e. The van der Waals surface area contributed by atoms with Crippen molar-refractivity contribution in [3.8, 4) is 0 Å². The van der Waals surface area contributed by atoms with Gasteiger partial charge in [-0.25, -0.2) is 0 Å². The van der Waals surface area contributed by atoms with Crippen molar-refractivity contribution in [2.75, 3.05) is 19.8 Å². The monoisotopic (exact) mass is 380 g/mol. The minimum Gasteiger partial charge on any atom is -0.483 e. The molecule has 4 bridgehead atoms. The van der Waals surface area contributed by atoms with Gasteiger partial charge < -0.3 is 28.4 Å². The summed E-state index contributed by atoms with van der Waals surface area (Å²) < 4.78 is 33.1. The molecule has 0 spiro atoms. The molecular formula is C18H20O9. The maximum absolute atomic E-state index is 12.9. The average Bonchev–Trinajstić information content (AvgIpc) is 3.24. The first-order chi connectivity index (χ1) is 12.9. The standard InChI is InChI=1S/C18H20O9/c1-3-22-15(21)11(7-4-8(19)16-23-5-9(7)25-16)18(2)12-13(20)17-24-6-10(26-17)14(12)27-18/h7,9-11,16-17H,3-6H2,1-2H3/t7-,9+,10+,11-,16+,17+,18-/m0/s1. The van der Waals surface area contributed by atoms with E-state index in [0.717, 1.165) is 0 Å². The van der Waals surface area contributed by atoms with Crippen LogP contribution in [0.15, 0.2) is 11.3 Å². The van der Waals surface area contributed by atoms with Crippen molar-refractivity contribution in [1.29, 1.82) is 0 Å². The van der Waals surface area contributed by atoms with Gasteiger partial charge >= 0.3 is 5.97 Å². The smallest absolute Gasteiger partial charge is 0.313 e. The fourth-order valence-corrected chi connectivity index (χ4v) is 4.78. The molecule has 5 heterocycles. The minimum absolute atomic E-state index is 0.106. The van der Waals surface area contributed by atoms with Crippen LogP contribution in [0.1, 0.15) is 20.3 Å². The van der Waals surface area contributed by atoms with Crippen LogP contribution in [-0.4, -0.2) is 67.7 Å². The summed E-state index contributed by atoms with van der Waals surface area (Å²) >= 11 is 0. The third kappa shape index (κ3) is 2.29. The third-order valence-electron chi connectivity index (χ3n) is 5.95. The number of hydrogen-bond donors (Lipinski definition) is 0. The van der Waals surface area contributed by atoms with Gasteiger partial charge in [0.05, 0.1) is 31.5 Å². The number of Topliss-reactive ketones (excluding diaryl/α,β-unsaturated/α-hetero) is 2. The van der Waals surface area contributed by atoms with E-state index in [0.29, 0.717) is 11.3 Å².